The zero-order valence-electron chi connectivity index (χ0n) is 16.7. The predicted octanol–water partition coefficient (Wildman–Crippen LogP) is 3.62. The van der Waals surface area contributed by atoms with E-state index in [0.717, 1.165) is 11.1 Å². The second kappa shape index (κ2) is 9.21. The molecule has 5 nitrogen and oxygen atoms in total. The summed E-state index contributed by atoms with van der Waals surface area (Å²) in [4.78, 5) is 24.5. The summed E-state index contributed by atoms with van der Waals surface area (Å²) < 4.78 is 5.70. The van der Waals surface area contributed by atoms with Crippen LogP contribution in [0.1, 0.15) is 52.5 Å². The Labute approximate surface area is 161 Å². The molecule has 144 valence electrons. The van der Waals surface area contributed by atoms with Crippen LogP contribution in [0.2, 0.25) is 0 Å². The van der Waals surface area contributed by atoms with E-state index in [9.17, 15) is 9.59 Å². The molecule has 0 saturated carbocycles. The molecule has 0 unspecified atom stereocenters. The highest BCUT2D eigenvalue weighted by atomic mass is 16.5. The van der Waals surface area contributed by atoms with Gasteiger partial charge in [-0.1, -0.05) is 30.3 Å². The number of carbonyl (C=O) groups is 2. The third kappa shape index (κ3) is 5.33. The smallest absolute Gasteiger partial charge is 0.258 e. The fourth-order valence-electron chi connectivity index (χ4n) is 2.82. The van der Waals surface area contributed by atoms with Crippen LogP contribution in [0.15, 0.2) is 36.4 Å². The average Bonchev–Trinajstić information content (AvgIpc) is 2.62. The van der Waals surface area contributed by atoms with Crippen molar-refractivity contribution >= 4 is 11.8 Å². The van der Waals surface area contributed by atoms with Crippen LogP contribution in [0.3, 0.4) is 0 Å². The summed E-state index contributed by atoms with van der Waals surface area (Å²) >= 11 is 0. The summed E-state index contributed by atoms with van der Waals surface area (Å²) in [6, 6.07) is 11.4. The summed E-state index contributed by atoms with van der Waals surface area (Å²) in [5.41, 5.74) is 4.71. The number of para-hydroxylation sites is 1. The van der Waals surface area contributed by atoms with Crippen LogP contribution in [0, 0.1) is 20.8 Å². The van der Waals surface area contributed by atoms with Crippen molar-refractivity contribution in [2.75, 3.05) is 13.2 Å². The van der Waals surface area contributed by atoms with E-state index in [1.807, 2.05) is 32.9 Å². The molecule has 2 N–H and O–H groups in total. The maximum absolute atomic E-state index is 12.3. The SMILES string of the molecule is CCNC(=O)c1cccc(C)c1OCC(=O)N[C@H](C)c1ccc(C)c(C)c1. The van der Waals surface area contributed by atoms with Gasteiger partial charge >= 0.3 is 0 Å². The highest BCUT2D eigenvalue weighted by Crippen LogP contribution is 2.23. The highest BCUT2D eigenvalue weighted by molar-refractivity contribution is 5.97. The first-order valence-corrected chi connectivity index (χ1v) is 9.20. The summed E-state index contributed by atoms with van der Waals surface area (Å²) in [6.45, 7) is 10.1. The molecule has 0 radical (unpaired) electrons. The van der Waals surface area contributed by atoms with Crippen LogP contribution < -0.4 is 15.4 Å². The topological polar surface area (TPSA) is 67.4 Å². The third-order valence-corrected chi connectivity index (χ3v) is 4.55. The van der Waals surface area contributed by atoms with Crippen LogP contribution in [0.5, 0.6) is 5.75 Å². The van der Waals surface area contributed by atoms with E-state index in [4.69, 9.17) is 4.74 Å². The van der Waals surface area contributed by atoms with Crippen molar-refractivity contribution in [3.63, 3.8) is 0 Å². The van der Waals surface area contributed by atoms with Crippen LogP contribution in [0.25, 0.3) is 0 Å². The highest BCUT2D eigenvalue weighted by Gasteiger charge is 2.16. The van der Waals surface area contributed by atoms with Gasteiger partial charge < -0.3 is 15.4 Å². The van der Waals surface area contributed by atoms with Crippen LogP contribution >= 0.6 is 0 Å². The van der Waals surface area contributed by atoms with Gasteiger partial charge in [0.05, 0.1) is 11.6 Å². The summed E-state index contributed by atoms with van der Waals surface area (Å²) in [5, 5.41) is 5.70. The summed E-state index contributed by atoms with van der Waals surface area (Å²) in [5.74, 6) is 0.00312. The Morgan fingerprint density at radius 3 is 2.44 bits per heavy atom. The molecule has 0 aliphatic carbocycles. The van der Waals surface area contributed by atoms with Crippen LogP contribution in [-0.2, 0) is 4.79 Å². The zero-order chi connectivity index (χ0) is 20.0. The number of hydrogen-bond donors (Lipinski definition) is 2. The lowest BCUT2D eigenvalue weighted by Crippen LogP contribution is -2.32. The van der Waals surface area contributed by atoms with Gasteiger partial charge in [-0.15, -0.1) is 0 Å². The van der Waals surface area contributed by atoms with E-state index in [2.05, 4.69) is 36.6 Å². The maximum Gasteiger partial charge on any atom is 0.258 e. The number of carbonyl (C=O) groups excluding carboxylic acids is 2. The number of amides is 2. The molecular weight excluding hydrogens is 340 g/mol. The number of hydrogen-bond acceptors (Lipinski definition) is 3. The number of aryl methyl sites for hydroxylation is 3. The van der Waals surface area contributed by atoms with Gasteiger partial charge in [0, 0.05) is 6.54 Å². The minimum atomic E-state index is -0.231. The van der Waals surface area contributed by atoms with Gasteiger partial charge in [0.25, 0.3) is 11.8 Å². The van der Waals surface area contributed by atoms with Gasteiger partial charge in [0.2, 0.25) is 0 Å². The molecule has 5 heteroatoms. The normalized spacial score (nSPS) is 11.6. The van der Waals surface area contributed by atoms with Gasteiger partial charge in [-0.3, -0.25) is 9.59 Å². The summed E-state index contributed by atoms with van der Waals surface area (Å²) in [7, 11) is 0. The van der Waals surface area contributed by atoms with E-state index in [1.54, 1.807) is 12.1 Å². The summed E-state index contributed by atoms with van der Waals surface area (Å²) in [6.07, 6.45) is 0. The van der Waals surface area contributed by atoms with Crippen molar-refractivity contribution in [3.05, 3.63) is 64.2 Å². The van der Waals surface area contributed by atoms with Crippen molar-refractivity contribution in [2.24, 2.45) is 0 Å². The quantitative estimate of drug-likeness (QED) is 0.784. The molecule has 2 aromatic rings. The zero-order valence-corrected chi connectivity index (χ0v) is 16.7. The van der Waals surface area contributed by atoms with Gasteiger partial charge in [0.1, 0.15) is 5.75 Å². The molecule has 0 fully saturated rings. The van der Waals surface area contributed by atoms with E-state index < -0.39 is 0 Å². The van der Waals surface area contributed by atoms with Crippen molar-refractivity contribution in [2.45, 2.75) is 40.7 Å². The first-order valence-electron chi connectivity index (χ1n) is 9.20. The molecule has 1 atom stereocenters. The monoisotopic (exact) mass is 368 g/mol. The van der Waals surface area contributed by atoms with Gasteiger partial charge in [-0.2, -0.15) is 0 Å². The van der Waals surface area contributed by atoms with Crippen molar-refractivity contribution < 1.29 is 14.3 Å². The van der Waals surface area contributed by atoms with E-state index >= 15 is 0 Å². The number of nitrogens with one attached hydrogen (secondary N) is 2. The number of ether oxygens (including phenoxy) is 1. The molecule has 2 aromatic carbocycles. The third-order valence-electron chi connectivity index (χ3n) is 4.55. The van der Waals surface area contributed by atoms with E-state index in [-0.39, 0.29) is 24.5 Å². The Bertz CT molecular complexity index is 830. The average molecular weight is 368 g/mol. The Hall–Kier alpha value is -2.82. The lowest BCUT2D eigenvalue weighted by molar-refractivity contribution is -0.123. The minimum Gasteiger partial charge on any atom is -0.483 e. The molecule has 0 bridgehead atoms. The molecular formula is C22H28N2O3. The van der Waals surface area contributed by atoms with Gasteiger partial charge in [-0.25, -0.2) is 0 Å². The largest absolute Gasteiger partial charge is 0.483 e. The molecule has 0 aliphatic rings. The molecule has 0 aliphatic heterocycles. The first-order chi connectivity index (χ1) is 12.8. The standard InChI is InChI=1S/C22H28N2O3/c1-6-23-22(26)19-9-7-8-15(3)21(19)27-13-20(25)24-17(5)18-11-10-14(2)16(4)12-18/h7-12,17H,6,13H2,1-5H3,(H,23,26)(H,24,25)/t17-/m1/s1. The fourth-order valence-corrected chi connectivity index (χ4v) is 2.82. The molecule has 0 aromatic heterocycles. The molecule has 2 amide bonds. The molecule has 0 heterocycles. The van der Waals surface area contributed by atoms with E-state index in [1.165, 1.54) is 11.1 Å². The Morgan fingerprint density at radius 2 is 1.78 bits per heavy atom. The van der Waals surface area contributed by atoms with Crippen molar-refractivity contribution in [1.29, 1.82) is 0 Å². The fraction of sp³-hybridized carbons (Fsp3) is 0.364. The molecule has 0 saturated heterocycles. The predicted molar refractivity (Wildman–Crippen MR) is 107 cm³/mol. The lowest BCUT2D eigenvalue weighted by Gasteiger charge is -2.17. The second-order valence-corrected chi connectivity index (χ2v) is 6.73. The van der Waals surface area contributed by atoms with E-state index in [0.29, 0.717) is 17.9 Å². The van der Waals surface area contributed by atoms with Crippen molar-refractivity contribution in [3.8, 4) is 5.75 Å². The maximum atomic E-state index is 12.3. The van der Waals surface area contributed by atoms with Crippen LogP contribution in [-0.4, -0.2) is 25.0 Å². The second-order valence-electron chi connectivity index (χ2n) is 6.73. The molecule has 2 rings (SSSR count). The molecule has 27 heavy (non-hydrogen) atoms. The van der Waals surface area contributed by atoms with Gasteiger partial charge in [0.15, 0.2) is 6.61 Å². The molecule has 0 spiro atoms. The van der Waals surface area contributed by atoms with Crippen molar-refractivity contribution in [1.82, 2.24) is 10.6 Å². The van der Waals surface area contributed by atoms with Crippen LogP contribution in [0.4, 0.5) is 0 Å². The Kier molecular flexibility index (Phi) is 6.99. The number of rotatable bonds is 7. The number of benzene rings is 2. The van der Waals surface area contributed by atoms with Gasteiger partial charge in [-0.05, 0) is 62.9 Å². The Morgan fingerprint density at radius 1 is 1.04 bits per heavy atom. The lowest BCUT2D eigenvalue weighted by atomic mass is 10.0. The Balaban J connectivity index is 2.03. The minimum absolute atomic E-state index is 0.125. The first kappa shape index (κ1) is 20.5.